The van der Waals surface area contributed by atoms with Gasteiger partial charge >= 0.3 is 0 Å². The monoisotopic (exact) mass is 338 g/mol. The molecule has 0 atom stereocenters. The number of carbonyl (C=O) groups excluding carboxylic acids is 1. The van der Waals surface area contributed by atoms with E-state index in [0.717, 1.165) is 15.8 Å². The van der Waals surface area contributed by atoms with Crippen molar-refractivity contribution in [3.63, 3.8) is 0 Å². The van der Waals surface area contributed by atoms with Crippen molar-refractivity contribution in [2.45, 2.75) is 6.42 Å². The number of hydrogen-bond donors (Lipinski definition) is 2. The number of hydrogen-bond acceptors (Lipinski definition) is 6. The molecule has 3 aromatic rings. The highest BCUT2D eigenvalue weighted by molar-refractivity contribution is 7.22. The van der Waals surface area contributed by atoms with Gasteiger partial charge in [0.25, 0.3) is 0 Å². The molecule has 0 amide bonds. The van der Waals surface area contributed by atoms with Crippen LogP contribution in [0.25, 0.3) is 15.8 Å². The van der Waals surface area contributed by atoms with E-state index in [1.165, 1.54) is 11.3 Å². The van der Waals surface area contributed by atoms with E-state index in [1.54, 1.807) is 7.11 Å². The van der Waals surface area contributed by atoms with Crippen molar-refractivity contribution in [2.24, 2.45) is 0 Å². The molecule has 0 saturated carbocycles. The van der Waals surface area contributed by atoms with Gasteiger partial charge < -0.3 is 15.6 Å². The second kappa shape index (κ2) is 5.35. The van der Waals surface area contributed by atoms with Gasteiger partial charge in [0.2, 0.25) is 5.78 Å². The zero-order chi connectivity index (χ0) is 16.8. The molecule has 3 N–H and O–H groups in total. The van der Waals surface area contributed by atoms with Crippen molar-refractivity contribution in [1.29, 1.82) is 0 Å². The van der Waals surface area contributed by atoms with E-state index < -0.39 is 0 Å². The third-order valence-electron chi connectivity index (χ3n) is 4.17. The minimum atomic E-state index is -0.386. The zero-order valence-corrected chi connectivity index (χ0v) is 13.7. The van der Waals surface area contributed by atoms with Gasteiger partial charge in [0.1, 0.15) is 5.75 Å². The van der Waals surface area contributed by atoms with Gasteiger partial charge in [0.15, 0.2) is 10.9 Å². The van der Waals surface area contributed by atoms with Crippen LogP contribution in [0.3, 0.4) is 0 Å². The van der Waals surface area contributed by atoms with E-state index in [4.69, 9.17) is 10.5 Å². The molecule has 5 nitrogen and oxygen atoms in total. The number of nitrogen functional groups attached to an aromatic ring is 1. The molecule has 4 rings (SSSR count). The van der Waals surface area contributed by atoms with Crippen molar-refractivity contribution in [3.05, 3.63) is 58.8 Å². The maximum Gasteiger partial charge on any atom is 0.229 e. The molecular formula is C18H14N2O3S. The molecule has 1 aliphatic rings. The second-order valence-electron chi connectivity index (χ2n) is 5.57. The number of nitrogens with zero attached hydrogens (tertiary/aromatic N) is 1. The first-order chi connectivity index (χ1) is 11.6. The Morgan fingerprint density at radius 1 is 1.29 bits per heavy atom. The molecule has 2 aromatic carbocycles. The lowest BCUT2D eigenvalue weighted by Gasteiger charge is -2.19. The van der Waals surface area contributed by atoms with Gasteiger partial charge in [-0.15, -0.1) is 0 Å². The Hall–Kier alpha value is -2.86. The average molecular weight is 338 g/mol. The number of carbonyl (C=O) groups is 1. The molecule has 0 radical (unpaired) electrons. The first kappa shape index (κ1) is 14.7. The first-order valence-electron chi connectivity index (χ1n) is 7.37. The van der Waals surface area contributed by atoms with Crippen LogP contribution < -0.4 is 10.5 Å². The number of allylic oxidation sites excluding steroid dienone is 2. The van der Waals surface area contributed by atoms with Crippen LogP contribution in [-0.4, -0.2) is 23.0 Å². The molecule has 0 spiro atoms. The van der Waals surface area contributed by atoms with Crippen LogP contribution in [0.5, 0.6) is 5.75 Å². The van der Waals surface area contributed by atoms with Crippen molar-refractivity contribution in [2.75, 3.05) is 12.8 Å². The molecule has 6 heteroatoms. The number of Topliss-reactive ketones (excluding diaryl/α,β-unsaturated/α-hetero) is 1. The quantitative estimate of drug-likeness (QED) is 0.746. The molecule has 0 unspecified atom stereocenters. The Morgan fingerprint density at radius 2 is 2.12 bits per heavy atom. The SMILES string of the molecule is COc1cccc(C2=C(O)C(=O)c3c(ccc4nc(N)sc34)C2)c1. The number of aromatic nitrogens is 1. The summed E-state index contributed by atoms with van der Waals surface area (Å²) < 4.78 is 5.96. The van der Waals surface area contributed by atoms with Crippen LogP contribution in [-0.2, 0) is 6.42 Å². The molecule has 1 heterocycles. The van der Waals surface area contributed by atoms with Crippen LogP contribution in [0, 0.1) is 0 Å². The number of aliphatic hydroxyl groups is 1. The second-order valence-corrected chi connectivity index (χ2v) is 6.60. The largest absolute Gasteiger partial charge is 0.504 e. The van der Waals surface area contributed by atoms with Gasteiger partial charge in [0, 0.05) is 17.6 Å². The van der Waals surface area contributed by atoms with Gasteiger partial charge in [-0.3, -0.25) is 4.79 Å². The van der Waals surface area contributed by atoms with Crippen LogP contribution >= 0.6 is 11.3 Å². The number of ether oxygens (including phenoxy) is 1. The van der Waals surface area contributed by atoms with Crippen molar-refractivity contribution in [1.82, 2.24) is 4.98 Å². The minimum absolute atomic E-state index is 0.227. The average Bonchev–Trinajstić information content (AvgIpc) is 2.98. The van der Waals surface area contributed by atoms with Gasteiger partial charge in [-0.25, -0.2) is 4.98 Å². The predicted octanol–water partition coefficient (Wildman–Crippen LogP) is 3.60. The lowest BCUT2D eigenvalue weighted by atomic mass is 9.86. The molecule has 1 aliphatic carbocycles. The van der Waals surface area contributed by atoms with Gasteiger partial charge in [-0.2, -0.15) is 0 Å². The number of fused-ring (bicyclic) bond motifs is 3. The fourth-order valence-electron chi connectivity index (χ4n) is 3.03. The summed E-state index contributed by atoms with van der Waals surface area (Å²) in [4.78, 5) is 17.0. The third-order valence-corrected chi connectivity index (χ3v) is 5.09. The number of thiazole rings is 1. The zero-order valence-electron chi connectivity index (χ0n) is 12.9. The number of ketones is 1. The molecule has 24 heavy (non-hydrogen) atoms. The fraction of sp³-hybridized carbons (Fsp3) is 0.111. The van der Waals surface area contributed by atoms with E-state index in [0.29, 0.717) is 34.0 Å². The normalized spacial score (nSPS) is 14.1. The van der Waals surface area contributed by atoms with Gasteiger partial charge in [-0.1, -0.05) is 29.5 Å². The standard InChI is InChI=1S/C18H14N2O3S/c1-23-11-4-2-3-9(7-11)12-8-10-5-6-13-17(24-18(19)20-13)14(10)16(22)15(12)21/h2-7,21H,8H2,1H3,(H2,19,20). The Labute approximate surface area is 142 Å². The van der Waals surface area contributed by atoms with E-state index in [9.17, 15) is 9.90 Å². The van der Waals surface area contributed by atoms with Gasteiger partial charge in [0.05, 0.1) is 17.3 Å². The Balaban J connectivity index is 1.89. The van der Waals surface area contributed by atoms with Gasteiger partial charge in [-0.05, 0) is 29.3 Å². The first-order valence-corrected chi connectivity index (χ1v) is 8.19. The highest BCUT2D eigenvalue weighted by Gasteiger charge is 2.29. The van der Waals surface area contributed by atoms with Crippen LogP contribution in [0.2, 0.25) is 0 Å². The van der Waals surface area contributed by atoms with Crippen molar-refractivity contribution < 1.29 is 14.6 Å². The Morgan fingerprint density at radius 3 is 2.92 bits per heavy atom. The smallest absolute Gasteiger partial charge is 0.229 e. The van der Waals surface area contributed by atoms with Crippen LogP contribution in [0.15, 0.2) is 42.2 Å². The molecule has 0 saturated heterocycles. The summed E-state index contributed by atoms with van der Waals surface area (Å²) >= 11 is 1.27. The van der Waals surface area contributed by atoms with E-state index in [-0.39, 0.29) is 11.5 Å². The predicted molar refractivity (Wildman–Crippen MR) is 94.6 cm³/mol. The lowest BCUT2D eigenvalue weighted by Crippen LogP contribution is -2.16. The van der Waals surface area contributed by atoms with Crippen molar-refractivity contribution >= 4 is 38.0 Å². The summed E-state index contributed by atoms with van der Waals surface area (Å²) in [5.74, 6) is 0.0651. The van der Waals surface area contributed by atoms with E-state index >= 15 is 0 Å². The number of nitrogens with two attached hydrogens (primary N) is 1. The summed E-state index contributed by atoms with van der Waals surface area (Å²) in [5.41, 5.74) is 9.19. The Bertz CT molecular complexity index is 1020. The molecule has 0 bridgehead atoms. The van der Waals surface area contributed by atoms with E-state index in [2.05, 4.69) is 4.98 Å². The number of anilines is 1. The summed E-state index contributed by atoms with van der Waals surface area (Å²) in [6.07, 6.45) is 0.466. The van der Waals surface area contributed by atoms with E-state index in [1.807, 2.05) is 36.4 Å². The highest BCUT2D eigenvalue weighted by atomic mass is 32.1. The molecule has 0 fully saturated rings. The van der Waals surface area contributed by atoms with Crippen LogP contribution in [0.4, 0.5) is 5.13 Å². The number of rotatable bonds is 2. The topological polar surface area (TPSA) is 85.4 Å². The summed E-state index contributed by atoms with van der Waals surface area (Å²) in [7, 11) is 1.58. The highest BCUT2D eigenvalue weighted by Crippen LogP contribution is 2.38. The maximum atomic E-state index is 12.8. The van der Waals surface area contributed by atoms with Crippen LogP contribution in [0.1, 0.15) is 21.5 Å². The Kier molecular flexibility index (Phi) is 3.28. The molecule has 0 aliphatic heterocycles. The van der Waals surface area contributed by atoms with Crippen molar-refractivity contribution in [3.8, 4) is 5.75 Å². The summed E-state index contributed by atoms with van der Waals surface area (Å²) in [6.45, 7) is 0. The molecule has 120 valence electrons. The number of aliphatic hydroxyl groups excluding tert-OH is 1. The third kappa shape index (κ3) is 2.15. The molecular weight excluding hydrogens is 324 g/mol. The minimum Gasteiger partial charge on any atom is -0.504 e. The summed E-state index contributed by atoms with van der Waals surface area (Å²) in [6, 6.07) is 11.1. The maximum absolute atomic E-state index is 12.8. The fourth-order valence-corrected chi connectivity index (χ4v) is 3.92. The number of methoxy groups -OCH3 is 1. The molecule has 1 aromatic heterocycles. The lowest BCUT2D eigenvalue weighted by molar-refractivity contribution is 0.0977. The summed E-state index contributed by atoms with van der Waals surface area (Å²) in [5, 5.41) is 10.9. The number of benzene rings is 2.